The molecule has 1 fully saturated rings. The van der Waals surface area contributed by atoms with Gasteiger partial charge in [-0.05, 0) is 43.4 Å². The highest BCUT2D eigenvalue weighted by molar-refractivity contribution is 7.89. The van der Waals surface area contributed by atoms with Crippen LogP contribution in [0.4, 0.5) is 0 Å². The molecule has 1 amide bonds. The molecule has 5 nitrogen and oxygen atoms in total. The fourth-order valence-corrected chi connectivity index (χ4v) is 4.68. The molecule has 1 aliphatic rings. The van der Waals surface area contributed by atoms with E-state index in [4.69, 9.17) is 11.6 Å². The third-order valence-corrected chi connectivity index (χ3v) is 6.51. The summed E-state index contributed by atoms with van der Waals surface area (Å²) in [7, 11) is -3.66. The molecule has 1 saturated heterocycles. The van der Waals surface area contributed by atoms with Gasteiger partial charge in [0.15, 0.2) is 0 Å². The van der Waals surface area contributed by atoms with E-state index in [2.05, 4.69) is 19.2 Å². The van der Waals surface area contributed by atoms with E-state index in [9.17, 15) is 13.2 Å². The Labute approximate surface area is 149 Å². The van der Waals surface area contributed by atoms with Gasteiger partial charge in [-0.25, -0.2) is 8.42 Å². The lowest BCUT2D eigenvalue weighted by Gasteiger charge is -2.26. The van der Waals surface area contributed by atoms with Crippen molar-refractivity contribution in [2.45, 2.75) is 44.4 Å². The Morgan fingerprint density at radius 3 is 2.54 bits per heavy atom. The molecular weight excluding hydrogens is 348 g/mol. The van der Waals surface area contributed by atoms with Gasteiger partial charge in [-0.3, -0.25) is 4.79 Å². The summed E-state index contributed by atoms with van der Waals surface area (Å²) in [5, 5.41) is 2.97. The van der Waals surface area contributed by atoms with Crippen LogP contribution < -0.4 is 5.32 Å². The van der Waals surface area contributed by atoms with Gasteiger partial charge in [0.1, 0.15) is 4.90 Å². The normalized spacial score (nSPS) is 16.3. The first-order chi connectivity index (χ1) is 11.3. The highest BCUT2D eigenvalue weighted by atomic mass is 35.5. The van der Waals surface area contributed by atoms with Gasteiger partial charge in [0.05, 0.1) is 5.02 Å². The molecule has 0 saturated carbocycles. The van der Waals surface area contributed by atoms with E-state index in [0.29, 0.717) is 31.1 Å². The van der Waals surface area contributed by atoms with E-state index >= 15 is 0 Å². The quantitative estimate of drug-likeness (QED) is 0.833. The Morgan fingerprint density at radius 1 is 1.25 bits per heavy atom. The fourth-order valence-electron chi connectivity index (χ4n) is 2.66. The average Bonchev–Trinajstić information content (AvgIpc) is 2.55. The van der Waals surface area contributed by atoms with Crippen molar-refractivity contribution in [1.82, 2.24) is 9.62 Å². The van der Waals surface area contributed by atoms with Crippen molar-refractivity contribution in [1.29, 1.82) is 0 Å². The molecule has 0 atom stereocenters. The zero-order chi connectivity index (χ0) is 17.7. The van der Waals surface area contributed by atoms with Gasteiger partial charge in [0.2, 0.25) is 10.0 Å². The minimum Gasteiger partial charge on any atom is -0.352 e. The van der Waals surface area contributed by atoms with Crippen LogP contribution in [0.25, 0.3) is 0 Å². The topological polar surface area (TPSA) is 66.5 Å². The first kappa shape index (κ1) is 19.2. The zero-order valence-corrected chi connectivity index (χ0v) is 15.8. The third kappa shape index (κ3) is 4.71. The van der Waals surface area contributed by atoms with Crippen LogP contribution in [0.2, 0.25) is 5.02 Å². The van der Waals surface area contributed by atoms with Crippen LogP contribution in [-0.2, 0) is 10.0 Å². The van der Waals surface area contributed by atoms with Crippen molar-refractivity contribution in [2.75, 3.05) is 19.6 Å². The van der Waals surface area contributed by atoms with E-state index in [1.807, 2.05) is 0 Å². The number of carbonyl (C=O) groups is 1. The molecule has 0 aromatic heterocycles. The summed E-state index contributed by atoms with van der Waals surface area (Å²) in [6.07, 6.45) is 3.62. The van der Waals surface area contributed by atoms with Crippen LogP contribution in [0, 0.1) is 5.92 Å². The van der Waals surface area contributed by atoms with E-state index < -0.39 is 10.0 Å². The predicted molar refractivity (Wildman–Crippen MR) is 95.9 cm³/mol. The highest BCUT2D eigenvalue weighted by Crippen LogP contribution is 2.27. The number of rotatable bonds is 6. The molecule has 1 heterocycles. The Bertz CT molecular complexity index is 683. The van der Waals surface area contributed by atoms with Gasteiger partial charge >= 0.3 is 0 Å². The predicted octanol–water partition coefficient (Wildman–Crippen LogP) is 3.29. The maximum absolute atomic E-state index is 12.8. The van der Waals surface area contributed by atoms with Crippen LogP contribution in [0.1, 0.15) is 49.9 Å². The van der Waals surface area contributed by atoms with Crippen molar-refractivity contribution in [3.05, 3.63) is 28.8 Å². The number of nitrogens with zero attached hydrogens (tertiary/aromatic N) is 1. The van der Waals surface area contributed by atoms with E-state index in [1.165, 1.54) is 16.4 Å². The van der Waals surface area contributed by atoms with Crippen molar-refractivity contribution < 1.29 is 13.2 Å². The van der Waals surface area contributed by atoms with Crippen LogP contribution in [-0.4, -0.2) is 38.3 Å². The van der Waals surface area contributed by atoms with Crippen molar-refractivity contribution in [2.24, 2.45) is 5.92 Å². The maximum atomic E-state index is 12.8. The molecule has 0 bridgehead atoms. The molecule has 1 aromatic carbocycles. The molecule has 0 spiro atoms. The monoisotopic (exact) mass is 372 g/mol. The Morgan fingerprint density at radius 2 is 1.92 bits per heavy atom. The van der Waals surface area contributed by atoms with E-state index in [1.54, 1.807) is 6.07 Å². The van der Waals surface area contributed by atoms with Crippen LogP contribution in [0.3, 0.4) is 0 Å². The van der Waals surface area contributed by atoms with Gasteiger partial charge in [0.25, 0.3) is 5.91 Å². The SMILES string of the molecule is CC(C)CCNC(=O)c1ccc(Cl)c(S(=O)(=O)N2CCCCC2)c1. The summed E-state index contributed by atoms with van der Waals surface area (Å²) in [4.78, 5) is 12.2. The molecule has 0 radical (unpaired) electrons. The minimum absolute atomic E-state index is 0.0163. The second-order valence-electron chi connectivity index (χ2n) is 6.55. The van der Waals surface area contributed by atoms with Gasteiger partial charge in [-0.1, -0.05) is 31.9 Å². The number of hydrogen-bond donors (Lipinski definition) is 1. The number of halogens is 1. The summed E-state index contributed by atoms with van der Waals surface area (Å²) in [5.74, 6) is 0.216. The van der Waals surface area contributed by atoms with Crippen LogP contribution in [0.5, 0.6) is 0 Å². The van der Waals surface area contributed by atoms with Crippen molar-refractivity contribution in [3.63, 3.8) is 0 Å². The van der Waals surface area contributed by atoms with Gasteiger partial charge in [0, 0.05) is 25.2 Å². The summed E-state index contributed by atoms with van der Waals surface area (Å²) in [6, 6.07) is 4.43. The second-order valence-corrected chi connectivity index (χ2v) is 8.86. The number of piperidine rings is 1. The molecular formula is C17H25ClN2O3S. The number of nitrogens with one attached hydrogen (secondary N) is 1. The summed E-state index contributed by atoms with van der Waals surface area (Å²) in [6.45, 7) is 5.73. The first-order valence-electron chi connectivity index (χ1n) is 8.40. The van der Waals surface area contributed by atoms with Crippen molar-refractivity contribution >= 4 is 27.5 Å². The van der Waals surface area contributed by atoms with E-state index in [0.717, 1.165) is 25.7 Å². The lowest BCUT2D eigenvalue weighted by molar-refractivity contribution is 0.0952. The molecule has 134 valence electrons. The second kappa shape index (κ2) is 8.32. The van der Waals surface area contributed by atoms with Gasteiger partial charge < -0.3 is 5.32 Å². The number of hydrogen-bond acceptors (Lipinski definition) is 3. The number of sulfonamides is 1. The first-order valence-corrected chi connectivity index (χ1v) is 10.2. The lowest BCUT2D eigenvalue weighted by atomic mass is 10.1. The van der Waals surface area contributed by atoms with Gasteiger partial charge in [-0.2, -0.15) is 4.31 Å². The number of amides is 1. The van der Waals surface area contributed by atoms with Gasteiger partial charge in [-0.15, -0.1) is 0 Å². The third-order valence-electron chi connectivity index (χ3n) is 4.13. The van der Waals surface area contributed by atoms with E-state index in [-0.39, 0.29) is 15.8 Å². The Hall–Kier alpha value is -1.11. The zero-order valence-electron chi connectivity index (χ0n) is 14.2. The number of carbonyl (C=O) groups excluding carboxylic acids is 1. The summed E-state index contributed by atoms with van der Waals surface area (Å²) in [5.41, 5.74) is 0.318. The molecule has 1 aromatic rings. The summed E-state index contributed by atoms with van der Waals surface area (Å²) >= 11 is 6.11. The van der Waals surface area contributed by atoms with Crippen molar-refractivity contribution in [3.8, 4) is 0 Å². The number of benzene rings is 1. The summed E-state index contributed by atoms with van der Waals surface area (Å²) < 4.78 is 27.0. The minimum atomic E-state index is -3.66. The molecule has 0 aliphatic carbocycles. The smallest absolute Gasteiger partial charge is 0.251 e. The highest BCUT2D eigenvalue weighted by Gasteiger charge is 2.28. The standard InChI is InChI=1S/C17H25ClN2O3S/c1-13(2)8-9-19-17(21)14-6-7-15(18)16(12-14)24(22,23)20-10-4-3-5-11-20/h6-7,12-13H,3-5,8-11H2,1-2H3,(H,19,21). The van der Waals surface area contributed by atoms with Crippen LogP contribution >= 0.6 is 11.6 Å². The Kier molecular flexibility index (Phi) is 6.66. The molecule has 24 heavy (non-hydrogen) atoms. The Balaban J connectivity index is 2.20. The van der Waals surface area contributed by atoms with Crippen LogP contribution in [0.15, 0.2) is 23.1 Å². The molecule has 1 N–H and O–H groups in total. The fraction of sp³-hybridized carbons (Fsp3) is 0.588. The lowest BCUT2D eigenvalue weighted by Crippen LogP contribution is -2.36. The average molecular weight is 373 g/mol. The molecule has 2 rings (SSSR count). The molecule has 7 heteroatoms. The largest absolute Gasteiger partial charge is 0.352 e. The maximum Gasteiger partial charge on any atom is 0.251 e. The molecule has 1 aliphatic heterocycles. The molecule has 0 unspecified atom stereocenters.